The standard InChI is InChI=1S/C15H23N5/c1-10-5-6-13(9-17-10)15(18-16)8-7-14-11(2)19-20(4)12(14)3/h5-6,9,15,18H,7-8,16H2,1-4H3. The van der Waals surface area contributed by atoms with Crippen LogP contribution in [0.25, 0.3) is 0 Å². The van der Waals surface area contributed by atoms with Crippen LogP contribution in [0.15, 0.2) is 18.3 Å². The van der Waals surface area contributed by atoms with Gasteiger partial charge in [0.25, 0.3) is 0 Å². The van der Waals surface area contributed by atoms with Crippen LogP contribution in [0.3, 0.4) is 0 Å². The van der Waals surface area contributed by atoms with Gasteiger partial charge in [0.1, 0.15) is 0 Å². The fraction of sp³-hybridized carbons (Fsp3) is 0.467. The lowest BCUT2D eigenvalue weighted by molar-refractivity contribution is 0.513. The van der Waals surface area contributed by atoms with Crippen LogP contribution in [0.4, 0.5) is 0 Å². The first-order chi connectivity index (χ1) is 9.52. The van der Waals surface area contributed by atoms with Crippen molar-refractivity contribution in [3.63, 3.8) is 0 Å². The van der Waals surface area contributed by atoms with E-state index in [1.54, 1.807) is 0 Å². The molecule has 0 saturated carbocycles. The lowest BCUT2D eigenvalue weighted by atomic mass is 9.99. The van der Waals surface area contributed by atoms with E-state index < -0.39 is 0 Å². The normalized spacial score (nSPS) is 12.7. The molecule has 0 fully saturated rings. The van der Waals surface area contributed by atoms with Crippen LogP contribution >= 0.6 is 0 Å². The van der Waals surface area contributed by atoms with Crippen LogP contribution in [0.5, 0.6) is 0 Å². The SMILES string of the molecule is Cc1ccc(C(CCc2c(C)nn(C)c2C)NN)cn1. The van der Waals surface area contributed by atoms with Gasteiger partial charge >= 0.3 is 0 Å². The van der Waals surface area contributed by atoms with Gasteiger partial charge < -0.3 is 0 Å². The number of rotatable bonds is 5. The average Bonchev–Trinajstić information content (AvgIpc) is 2.67. The third-order valence-corrected chi connectivity index (χ3v) is 3.88. The second-order valence-electron chi connectivity index (χ2n) is 5.26. The van der Waals surface area contributed by atoms with Crippen molar-refractivity contribution in [1.82, 2.24) is 20.2 Å². The number of hydrogen-bond acceptors (Lipinski definition) is 4. The predicted octanol–water partition coefficient (Wildman–Crippen LogP) is 1.88. The first kappa shape index (κ1) is 14.7. The second kappa shape index (κ2) is 6.15. The molecule has 2 rings (SSSR count). The van der Waals surface area contributed by atoms with Crippen LogP contribution in [-0.2, 0) is 13.5 Å². The molecular weight excluding hydrogens is 250 g/mol. The molecule has 20 heavy (non-hydrogen) atoms. The van der Waals surface area contributed by atoms with E-state index in [1.807, 2.05) is 30.9 Å². The van der Waals surface area contributed by atoms with Gasteiger partial charge in [-0.25, -0.2) is 0 Å². The molecule has 2 heterocycles. The van der Waals surface area contributed by atoms with Gasteiger partial charge in [-0.3, -0.25) is 20.9 Å². The minimum Gasteiger partial charge on any atom is -0.272 e. The summed E-state index contributed by atoms with van der Waals surface area (Å²) in [5.74, 6) is 5.69. The Labute approximate surface area is 120 Å². The van der Waals surface area contributed by atoms with Crippen LogP contribution < -0.4 is 11.3 Å². The summed E-state index contributed by atoms with van der Waals surface area (Å²) in [7, 11) is 1.98. The maximum Gasteiger partial charge on any atom is 0.0628 e. The van der Waals surface area contributed by atoms with Crippen LogP contribution in [0.2, 0.25) is 0 Å². The Kier molecular flexibility index (Phi) is 4.52. The van der Waals surface area contributed by atoms with Crippen molar-refractivity contribution in [3.05, 3.63) is 46.5 Å². The van der Waals surface area contributed by atoms with E-state index in [4.69, 9.17) is 5.84 Å². The maximum atomic E-state index is 5.69. The van der Waals surface area contributed by atoms with Crippen LogP contribution in [0, 0.1) is 20.8 Å². The highest BCUT2D eigenvalue weighted by atomic mass is 15.3. The fourth-order valence-corrected chi connectivity index (χ4v) is 2.50. The Bertz CT molecular complexity index is 571. The van der Waals surface area contributed by atoms with Gasteiger partial charge in [-0.1, -0.05) is 6.07 Å². The molecule has 108 valence electrons. The molecule has 0 bridgehead atoms. The Morgan fingerprint density at radius 1 is 1.30 bits per heavy atom. The van der Waals surface area contributed by atoms with E-state index in [0.717, 1.165) is 29.8 Å². The van der Waals surface area contributed by atoms with Crippen molar-refractivity contribution in [2.45, 2.75) is 39.7 Å². The monoisotopic (exact) mass is 273 g/mol. The lowest BCUT2D eigenvalue weighted by Gasteiger charge is -2.16. The topological polar surface area (TPSA) is 68.8 Å². The number of pyridine rings is 1. The molecule has 0 aromatic carbocycles. The van der Waals surface area contributed by atoms with Gasteiger partial charge in [-0.15, -0.1) is 0 Å². The quantitative estimate of drug-likeness (QED) is 0.644. The zero-order chi connectivity index (χ0) is 14.7. The minimum atomic E-state index is 0.113. The van der Waals surface area contributed by atoms with Crippen molar-refractivity contribution in [3.8, 4) is 0 Å². The van der Waals surface area contributed by atoms with E-state index >= 15 is 0 Å². The predicted molar refractivity (Wildman–Crippen MR) is 80.0 cm³/mol. The van der Waals surface area contributed by atoms with Crippen LogP contribution in [0.1, 0.15) is 40.7 Å². The smallest absolute Gasteiger partial charge is 0.0628 e. The van der Waals surface area contributed by atoms with E-state index in [2.05, 4.69) is 35.4 Å². The summed E-state index contributed by atoms with van der Waals surface area (Å²) >= 11 is 0. The van der Waals surface area contributed by atoms with E-state index in [-0.39, 0.29) is 6.04 Å². The first-order valence-electron chi connectivity index (χ1n) is 6.90. The number of aryl methyl sites for hydroxylation is 3. The van der Waals surface area contributed by atoms with Crippen molar-refractivity contribution < 1.29 is 0 Å². The summed E-state index contributed by atoms with van der Waals surface area (Å²) < 4.78 is 1.93. The molecule has 5 heteroatoms. The number of nitrogens with zero attached hydrogens (tertiary/aromatic N) is 3. The molecule has 0 saturated heterocycles. The van der Waals surface area contributed by atoms with Gasteiger partial charge in [-0.2, -0.15) is 5.10 Å². The molecule has 3 N–H and O–H groups in total. The molecule has 5 nitrogen and oxygen atoms in total. The summed E-state index contributed by atoms with van der Waals surface area (Å²) in [6, 6.07) is 4.21. The molecule has 1 atom stereocenters. The van der Waals surface area contributed by atoms with Crippen molar-refractivity contribution >= 4 is 0 Å². The highest BCUT2D eigenvalue weighted by Gasteiger charge is 2.14. The fourth-order valence-electron chi connectivity index (χ4n) is 2.50. The Morgan fingerprint density at radius 3 is 2.55 bits per heavy atom. The highest BCUT2D eigenvalue weighted by molar-refractivity contribution is 5.25. The zero-order valence-electron chi connectivity index (χ0n) is 12.6. The maximum absolute atomic E-state index is 5.69. The largest absolute Gasteiger partial charge is 0.272 e. The summed E-state index contributed by atoms with van der Waals surface area (Å²) in [4.78, 5) is 4.33. The number of hydrogen-bond donors (Lipinski definition) is 2. The van der Waals surface area contributed by atoms with Crippen molar-refractivity contribution in [2.24, 2.45) is 12.9 Å². The summed E-state index contributed by atoms with van der Waals surface area (Å²) in [5, 5.41) is 4.45. The third-order valence-electron chi connectivity index (χ3n) is 3.88. The summed E-state index contributed by atoms with van der Waals surface area (Å²) in [6.45, 7) is 6.14. The van der Waals surface area contributed by atoms with E-state index in [0.29, 0.717) is 0 Å². The lowest BCUT2D eigenvalue weighted by Crippen LogP contribution is -2.28. The van der Waals surface area contributed by atoms with Crippen molar-refractivity contribution in [1.29, 1.82) is 0 Å². The molecule has 0 radical (unpaired) electrons. The number of hydrazine groups is 1. The Hall–Kier alpha value is -1.72. The van der Waals surface area contributed by atoms with Gasteiger partial charge in [-0.05, 0) is 50.8 Å². The molecule has 0 aliphatic carbocycles. The van der Waals surface area contributed by atoms with Gasteiger partial charge in [0.05, 0.1) is 5.69 Å². The molecule has 2 aromatic rings. The van der Waals surface area contributed by atoms with E-state index in [1.165, 1.54) is 11.3 Å². The van der Waals surface area contributed by atoms with Gasteiger partial charge in [0, 0.05) is 30.7 Å². The summed E-state index contributed by atoms with van der Waals surface area (Å²) in [6.07, 6.45) is 3.77. The molecule has 2 aromatic heterocycles. The molecule has 0 aliphatic rings. The van der Waals surface area contributed by atoms with Crippen molar-refractivity contribution in [2.75, 3.05) is 0 Å². The Morgan fingerprint density at radius 2 is 2.05 bits per heavy atom. The molecule has 0 spiro atoms. The van der Waals surface area contributed by atoms with E-state index in [9.17, 15) is 0 Å². The van der Waals surface area contributed by atoms with Gasteiger partial charge in [0.2, 0.25) is 0 Å². The highest BCUT2D eigenvalue weighted by Crippen LogP contribution is 2.21. The number of nitrogens with one attached hydrogen (secondary N) is 1. The first-order valence-corrected chi connectivity index (χ1v) is 6.90. The molecular formula is C15H23N5. The number of aromatic nitrogens is 3. The second-order valence-corrected chi connectivity index (χ2v) is 5.26. The minimum absolute atomic E-state index is 0.113. The molecule has 1 unspecified atom stereocenters. The Balaban J connectivity index is 2.09. The summed E-state index contributed by atoms with van der Waals surface area (Å²) in [5.41, 5.74) is 8.66. The molecule has 0 amide bonds. The van der Waals surface area contributed by atoms with Gasteiger partial charge in [0.15, 0.2) is 0 Å². The average molecular weight is 273 g/mol. The van der Waals surface area contributed by atoms with Crippen LogP contribution in [-0.4, -0.2) is 14.8 Å². The zero-order valence-corrected chi connectivity index (χ0v) is 12.6. The number of nitrogens with two attached hydrogens (primary N) is 1. The molecule has 0 aliphatic heterocycles. The third kappa shape index (κ3) is 3.05.